The van der Waals surface area contributed by atoms with Crippen molar-refractivity contribution >= 4 is 29.6 Å². The summed E-state index contributed by atoms with van der Waals surface area (Å²) in [5.41, 5.74) is 10.8. The fourth-order valence-corrected chi connectivity index (χ4v) is 1.85. The Bertz CT molecular complexity index is 366. The van der Waals surface area contributed by atoms with Gasteiger partial charge in [-0.2, -0.15) is 26.7 Å². The van der Waals surface area contributed by atoms with E-state index in [2.05, 4.69) is 15.0 Å². The smallest absolute Gasteiger partial charge is 0.307 e. The zero-order valence-electron chi connectivity index (χ0n) is 8.75. The topological polar surface area (TPSA) is 128 Å². The number of anilines is 2. The highest BCUT2D eigenvalue weighted by Crippen LogP contribution is 2.14. The second kappa shape index (κ2) is 5.50. The molecule has 88 valence electrons. The lowest BCUT2D eigenvalue weighted by atomic mass is 10.2. The van der Waals surface area contributed by atoms with E-state index < -0.39 is 11.9 Å². The van der Waals surface area contributed by atoms with Crippen molar-refractivity contribution < 1.29 is 9.90 Å². The molecule has 1 rings (SSSR count). The molecule has 0 aliphatic carbocycles. The molecule has 1 aromatic heterocycles. The van der Waals surface area contributed by atoms with Crippen molar-refractivity contribution in [1.29, 1.82) is 0 Å². The van der Waals surface area contributed by atoms with E-state index in [1.807, 2.05) is 0 Å². The molecular weight excluding hydrogens is 230 g/mol. The first kappa shape index (κ1) is 12.5. The van der Waals surface area contributed by atoms with E-state index in [-0.39, 0.29) is 11.9 Å². The van der Waals surface area contributed by atoms with Gasteiger partial charge in [0.2, 0.25) is 11.9 Å². The van der Waals surface area contributed by atoms with Crippen LogP contribution < -0.4 is 11.5 Å². The fraction of sp³-hybridized carbons (Fsp3) is 0.500. The highest BCUT2D eigenvalue weighted by molar-refractivity contribution is 7.98. The van der Waals surface area contributed by atoms with Crippen LogP contribution in [0.4, 0.5) is 11.9 Å². The summed E-state index contributed by atoms with van der Waals surface area (Å²) in [7, 11) is 0. The molecule has 8 heteroatoms. The average Bonchev–Trinajstić information content (AvgIpc) is 2.15. The molecule has 0 saturated heterocycles. The summed E-state index contributed by atoms with van der Waals surface area (Å²) >= 11 is 1.42. The summed E-state index contributed by atoms with van der Waals surface area (Å²) in [6, 6.07) is 0. The second-order valence-electron chi connectivity index (χ2n) is 3.22. The number of carbonyl (C=O) groups is 1. The summed E-state index contributed by atoms with van der Waals surface area (Å²) in [6.45, 7) is 1.64. The maximum absolute atomic E-state index is 10.6. The maximum atomic E-state index is 10.6. The molecule has 16 heavy (non-hydrogen) atoms. The van der Waals surface area contributed by atoms with Gasteiger partial charge in [-0.25, -0.2) is 0 Å². The van der Waals surface area contributed by atoms with Crippen LogP contribution in [-0.4, -0.2) is 31.8 Å². The van der Waals surface area contributed by atoms with E-state index in [1.54, 1.807) is 6.92 Å². The average molecular weight is 243 g/mol. The number of nitrogens with two attached hydrogens (primary N) is 2. The van der Waals surface area contributed by atoms with Crippen molar-refractivity contribution in [3.05, 3.63) is 5.82 Å². The Morgan fingerprint density at radius 2 is 1.94 bits per heavy atom. The fourth-order valence-electron chi connectivity index (χ4n) is 0.920. The first-order valence-corrected chi connectivity index (χ1v) is 5.71. The Morgan fingerprint density at radius 1 is 1.38 bits per heavy atom. The van der Waals surface area contributed by atoms with Gasteiger partial charge < -0.3 is 16.6 Å². The molecule has 1 aromatic rings. The molecule has 1 atom stereocenters. The molecule has 1 heterocycles. The van der Waals surface area contributed by atoms with Gasteiger partial charge in [0.05, 0.1) is 11.7 Å². The number of carboxylic acid groups (broad SMARTS) is 1. The summed E-state index contributed by atoms with van der Waals surface area (Å²) in [4.78, 5) is 22.0. The van der Waals surface area contributed by atoms with Crippen LogP contribution in [0.5, 0.6) is 0 Å². The van der Waals surface area contributed by atoms with Gasteiger partial charge in [-0.05, 0) is 0 Å². The van der Waals surface area contributed by atoms with E-state index in [0.29, 0.717) is 17.3 Å². The van der Waals surface area contributed by atoms with Crippen molar-refractivity contribution in [3.63, 3.8) is 0 Å². The van der Waals surface area contributed by atoms with Crippen molar-refractivity contribution in [2.24, 2.45) is 5.92 Å². The highest BCUT2D eigenvalue weighted by Gasteiger charge is 2.11. The Labute approximate surface area is 96.7 Å². The molecule has 0 radical (unpaired) electrons. The lowest BCUT2D eigenvalue weighted by Gasteiger charge is -2.05. The van der Waals surface area contributed by atoms with Crippen LogP contribution in [0.3, 0.4) is 0 Å². The lowest BCUT2D eigenvalue weighted by molar-refractivity contribution is -0.140. The second-order valence-corrected chi connectivity index (χ2v) is 4.25. The van der Waals surface area contributed by atoms with Gasteiger partial charge in [0.15, 0.2) is 0 Å². The van der Waals surface area contributed by atoms with Crippen LogP contribution >= 0.6 is 11.8 Å². The van der Waals surface area contributed by atoms with Crippen LogP contribution in [0, 0.1) is 5.92 Å². The van der Waals surface area contributed by atoms with Gasteiger partial charge in [0.1, 0.15) is 5.82 Å². The number of nitrogen functional groups attached to an aromatic ring is 2. The first-order valence-electron chi connectivity index (χ1n) is 4.55. The monoisotopic (exact) mass is 243 g/mol. The largest absolute Gasteiger partial charge is 0.481 e. The van der Waals surface area contributed by atoms with Crippen LogP contribution in [0.15, 0.2) is 0 Å². The van der Waals surface area contributed by atoms with Gasteiger partial charge in [0, 0.05) is 5.75 Å². The molecule has 0 amide bonds. The molecule has 0 fully saturated rings. The van der Waals surface area contributed by atoms with Gasteiger partial charge >= 0.3 is 5.97 Å². The molecular formula is C8H13N5O2S. The molecule has 0 bridgehead atoms. The summed E-state index contributed by atoms with van der Waals surface area (Å²) < 4.78 is 0. The van der Waals surface area contributed by atoms with Crippen molar-refractivity contribution in [2.75, 3.05) is 17.2 Å². The first-order chi connectivity index (χ1) is 7.49. The normalized spacial score (nSPS) is 12.3. The van der Waals surface area contributed by atoms with E-state index >= 15 is 0 Å². The van der Waals surface area contributed by atoms with Gasteiger partial charge in [-0.15, -0.1) is 0 Å². The highest BCUT2D eigenvalue weighted by atomic mass is 32.2. The SMILES string of the molecule is CC(CSCc1nc(N)nc(N)n1)C(=O)O. The molecule has 0 aromatic carbocycles. The number of carboxylic acids is 1. The summed E-state index contributed by atoms with van der Waals surface area (Å²) in [5.74, 6) is 0.357. The number of aromatic nitrogens is 3. The van der Waals surface area contributed by atoms with Gasteiger partial charge in [-0.3, -0.25) is 4.79 Å². The number of hydrogen-bond acceptors (Lipinski definition) is 7. The third-order valence-electron chi connectivity index (χ3n) is 1.74. The third kappa shape index (κ3) is 3.89. The zero-order valence-corrected chi connectivity index (χ0v) is 9.57. The quantitative estimate of drug-likeness (QED) is 0.658. The Kier molecular flexibility index (Phi) is 4.29. The van der Waals surface area contributed by atoms with E-state index in [0.717, 1.165) is 0 Å². The molecule has 7 nitrogen and oxygen atoms in total. The predicted molar refractivity (Wildman–Crippen MR) is 61.6 cm³/mol. The van der Waals surface area contributed by atoms with E-state index in [1.165, 1.54) is 11.8 Å². The minimum Gasteiger partial charge on any atom is -0.481 e. The standard InChI is InChI=1S/C8H13N5O2S/c1-4(6(14)15)2-16-3-5-11-7(9)13-8(10)12-5/h4H,2-3H2,1H3,(H,14,15)(H4,9,10,11,12,13). The van der Waals surface area contributed by atoms with Crippen LogP contribution in [-0.2, 0) is 10.5 Å². The molecule has 5 N–H and O–H groups in total. The zero-order chi connectivity index (χ0) is 12.1. The summed E-state index contributed by atoms with van der Waals surface area (Å²) in [6.07, 6.45) is 0. The Balaban J connectivity index is 2.46. The summed E-state index contributed by atoms with van der Waals surface area (Å²) in [5, 5.41) is 8.67. The predicted octanol–water partition coefficient (Wildman–Crippen LogP) is -0.0101. The minimum absolute atomic E-state index is 0.0781. The molecule has 0 spiro atoms. The van der Waals surface area contributed by atoms with Gasteiger partial charge in [0.25, 0.3) is 0 Å². The van der Waals surface area contributed by atoms with Crippen molar-refractivity contribution in [3.8, 4) is 0 Å². The lowest BCUT2D eigenvalue weighted by Crippen LogP contribution is -2.12. The molecule has 0 aliphatic heterocycles. The molecule has 0 saturated carbocycles. The Hall–Kier alpha value is -1.57. The number of rotatable bonds is 5. The number of aliphatic carboxylic acids is 1. The third-order valence-corrected chi connectivity index (χ3v) is 2.93. The van der Waals surface area contributed by atoms with Gasteiger partial charge in [-0.1, -0.05) is 6.92 Å². The molecule has 0 aliphatic rings. The Morgan fingerprint density at radius 3 is 2.44 bits per heavy atom. The van der Waals surface area contributed by atoms with Crippen LogP contribution in [0.1, 0.15) is 12.7 Å². The number of nitrogens with zero attached hydrogens (tertiary/aromatic N) is 3. The number of hydrogen-bond donors (Lipinski definition) is 3. The van der Waals surface area contributed by atoms with Crippen LogP contribution in [0.2, 0.25) is 0 Å². The number of thioether (sulfide) groups is 1. The minimum atomic E-state index is -0.817. The maximum Gasteiger partial charge on any atom is 0.307 e. The van der Waals surface area contributed by atoms with E-state index in [9.17, 15) is 4.79 Å². The molecule has 1 unspecified atom stereocenters. The van der Waals surface area contributed by atoms with Crippen molar-refractivity contribution in [2.45, 2.75) is 12.7 Å². The van der Waals surface area contributed by atoms with Crippen LogP contribution in [0.25, 0.3) is 0 Å². The van der Waals surface area contributed by atoms with E-state index in [4.69, 9.17) is 16.6 Å². The van der Waals surface area contributed by atoms with Crippen molar-refractivity contribution in [1.82, 2.24) is 15.0 Å².